The molecule has 0 aromatic heterocycles. The van der Waals surface area contributed by atoms with Crippen molar-refractivity contribution in [1.29, 1.82) is 0 Å². The number of ether oxygens (including phenoxy) is 2. The summed E-state index contributed by atoms with van der Waals surface area (Å²) in [6.07, 6.45) is 6.87. The van der Waals surface area contributed by atoms with E-state index in [4.69, 9.17) is 9.47 Å². The number of hydrogen-bond acceptors (Lipinski definition) is 5. The van der Waals surface area contributed by atoms with Gasteiger partial charge in [0.15, 0.2) is 0 Å². The molecule has 3 rings (SSSR count). The van der Waals surface area contributed by atoms with Gasteiger partial charge >= 0.3 is 11.9 Å². The van der Waals surface area contributed by atoms with Crippen LogP contribution in [0.2, 0.25) is 0 Å². The summed E-state index contributed by atoms with van der Waals surface area (Å²) >= 11 is 0. The van der Waals surface area contributed by atoms with E-state index in [1.165, 1.54) is 26.2 Å². The molecule has 30 heavy (non-hydrogen) atoms. The maximum atomic E-state index is 13.2. The first kappa shape index (κ1) is 23.3. The second-order valence-electron chi connectivity index (χ2n) is 11.2. The maximum Gasteiger partial charge on any atom is 0.313 e. The fourth-order valence-corrected chi connectivity index (χ4v) is 7.59. The monoisotopic (exact) mass is 420 g/mol. The van der Waals surface area contributed by atoms with Crippen molar-refractivity contribution >= 4 is 11.9 Å². The van der Waals surface area contributed by atoms with Crippen molar-refractivity contribution in [3.63, 3.8) is 0 Å². The van der Waals surface area contributed by atoms with E-state index in [0.717, 1.165) is 31.3 Å². The number of aliphatic hydroxyl groups excluding tert-OH is 1. The van der Waals surface area contributed by atoms with E-state index in [-0.39, 0.29) is 35.9 Å². The molecule has 5 heteroatoms. The molecule has 0 heterocycles. The first-order chi connectivity index (χ1) is 13.9. The van der Waals surface area contributed by atoms with Crippen LogP contribution in [-0.2, 0) is 19.1 Å². The Bertz CT molecular complexity index is 698. The second-order valence-corrected chi connectivity index (χ2v) is 11.2. The first-order valence-corrected chi connectivity index (χ1v) is 11.6. The molecule has 3 saturated carbocycles. The molecule has 5 nitrogen and oxygen atoms in total. The summed E-state index contributed by atoms with van der Waals surface area (Å²) in [7, 11) is 0. The maximum absolute atomic E-state index is 13.2. The average molecular weight is 421 g/mol. The molecule has 3 fully saturated rings. The van der Waals surface area contributed by atoms with Crippen molar-refractivity contribution in [1.82, 2.24) is 0 Å². The van der Waals surface area contributed by atoms with E-state index in [0.29, 0.717) is 17.3 Å². The average Bonchev–Trinajstić information content (AvgIpc) is 2.63. The van der Waals surface area contributed by atoms with Crippen molar-refractivity contribution in [2.24, 2.45) is 34.0 Å². The molecule has 3 aliphatic rings. The SMILES string of the molecule is C=C1CCC2C(C)(CCC3C(C)(C)CCCC32C)C1C(=O)OCC(O)COC(C)=O. The first-order valence-electron chi connectivity index (χ1n) is 11.6. The third kappa shape index (κ3) is 4.06. The van der Waals surface area contributed by atoms with Crippen LogP contribution in [0.1, 0.15) is 79.6 Å². The Labute approximate surface area is 181 Å². The lowest BCUT2D eigenvalue weighted by atomic mass is 9.39. The Morgan fingerprint density at radius 2 is 1.70 bits per heavy atom. The van der Waals surface area contributed by atoms with Gasteiger partial charge < -0.3 is 14.6 Å². The number of carbonyl (C=O) groups is 2. The highest BCUT2D eigenvalue weighted by Gasteiger charge is 2.62. The number of fused-ring (bicyclic) bond motifs is 3. The Morgan fingerprint density at radius 1 is 1.03 bits per heavy atom. The molecule has 170 valence electrons. The lowest BCUT2D eigenvalue weighted by Crippen LogP contribution is -2.59. The van der Waals surface area contributed by atoms with Crippen molar-refractivity contribution in [3.8, 4) is 0 Å². The van der Waals surface area contributed by atoms with Gasteiger partial charge in [0, 0.05) is 6.92 Å². The van der Waals surface area contributed by atoms with Crippen LogP contribution in [0.4, 0.5) is 0 Å². The highest BCUT2D eigenvalue weighted by Crippen LogP contribution is 2.69. The van der Waals surface area contributed by atoms with Gasteiger partial charge in [-0.15, -0.1) is 0 Å². The normalized spacial score (nSPS) is 38.7. The predicted molar refractivity (Wildman–Crippen MR) is 116 cm³/mol. The topological polar surface area (TPSA) is 72.8 Å². The van der Waals surface area contributed by atoms with Crippen LogP contribution in [0.15, 0.2) is 12.2 Å². The second kappa shape index (κ2) is 8.29. The van der Waals surface area contributed by atoms with E-state index < -0.39 is 12.1 Å². The fraction of sp³-hybridized carbons (Fsp3) is 0.840. The highest BCUT2D eigenvalue weighted by molar-refractivity contribution is 5.77. The fourth-order valence-electron chi connectivity index (χ4n) is 7.59. The Morgan fingerprint density at radius 3 is 2.37 bits per heavy atom. The minimum absolute atomic E-state index is 0.161. The summed E-state index contributed by atoms with van der Waals surface area (Å²) in [5.74, 6) is 0.0748. The van der Waals surface area contributed by atoms with Gasteiger partial charge in [0.2, 0.25) is 0 Å². The van der Waals surface area contributed by atoms with E-state index >= 15 is 0 Å². The molecule has 3 aliphatic carbocycles. The molecule has 1 N–H and O–H groups in total. The number of aliphatic hydroxyl groups is 1. The van der Waals surface area contributed by atoms with Crippen molar-refractivity contribution in [3.05, 3.63) is 12.2 Å². The quantitative estimate of drug-likeness (QED) is 0.517. The third-order valence-electron chi connectivity index (χ3n) is 8.79. The largest absolute Gasteiger partial charge is 0.463 e. The lowest BCUT2D eigenvalue weighted by molar-refractivity contribution is -0.178. The summed E-state index contributed by atoms with van der Waals surface area (Å²) in [4.78, 5) is 24.1. The number of esters is 2. The van der Waals surface area contributed by atoms with Gasteiger partial charge in [0.05, 0.1) is 5.92 Å². The summed E-state index contributed by atoms with van der Waals surface area (Å²) in [6, 6.07) is 0. The van der Waals surface area contributed by atoms with Crippen LogP contribution in [0.25, 0.3) is 0 Å². The van der Waals surface area contributed by atoms with Crippen molar-refractivity contribution in [2.45, 2.75) is 85.7 Å². The number of carbonyl (C=O) groups excluding carboxylic acids is 2. The molecule has 6 unspecified atom stereocenters. The standard InChI is InChI=1S/C25H40O5/c1-16-8-9-20-24(5)12-7-11-23(3,4)19(24)10-13-25(20,6)21(16)22(28)30-15-18(27)14-29-17(2)26/h18-21,27H,1,7-15H2,2-6H3. The minimum atomic E-state index is -1.01. The van der Waals surface area contributed by atoms with Crippen LogP contribution >= 0.6 is 0 Å². The Kier molecular flexibility index (Phi) is 6.44. The van der Waals surface area contributed by atoms with Gasteiger partial charge in [0.25, 0.3) is 0 Å². The number of rotatable bonds is 5. The van der Waals surface area contributed by atoms with Gasteiger partial charge in [-0.1, -0.05) is 46.3 Å². The van der Waals surface area contributed by atoms with Crippen LogP contribution < -0.4 is 0 Å². The Balaban J connectivity index is 1.77. The number of hydrogen-bond donors (Lipinski definition) is 1. The van der Waals surface area contributed by atoms with Gasteiger partial charge in [0.1, 0.15) is 19.3 Å². The zero-order valence-electron chi connectivity index (χ0n) is 19.5. The summed E-state index contributed by atoms with van der Waals surface area (Å²) < 4.78 is 10.3. The Hall–Kier alpha value is -1.36. The predicted octanol–water partition coefficient (Wildman–Crippen LogP) is 4.67. The zero-order chi connectivity index (χ0) is 22.3. The van der Waals surface area contributed by atoms with Gasteiger partial charge in [-0.3, -0.25) is 9.59 Å². The summed E-state index contributed by atoms with van der Waals surface area (Å²) in [5, 5.41) is 9.98. The van der Waals surface area contributed by atoms with Crippen molar-refractivity contribution < 1.29 is 24.2 Å². The van der Waals surface area contributed by atoms with E-state index in [1.54, 1.807) is 0 Å². The van der Waals surface area contributed by atoms with Crippen LogP contribution in [-0.4, -0.2) is 36.4 Å². The summed E-state index contributed by atoms with van der Waals surface area (Å²) in [6.45, 7) is 14.8. The van der Waals surface area contributed by atoms with Gasteiger partial charge in [-0.2, -0.15) is 0 Å². The molecular weight excluding hydrogens is 380 g/mol. The molecule has 0 aromatic carbocycles. The molecular formula is C25H40O5. The van der Waals surface area contributed by atoms with Gasteiger partial charge in [-0.25, -0.2) is 0 Å². The highest BCUT2D eigenvalue weighted by atomic mass is 16.6. The van der Waals surface area contributed by atoms with E-state index in [9.17, 15) is 14.7 Å². The van der Waals surface area contributed by atoms with Crippen molar-refractivity contribution in [2.75, 3.05) is 13.2 Å². The van der Waals surface area contributed by atoms with Crippen LogP contribution in [0.5, 0.6) is 0 Å². The smallest absolute Gasteiger partial charge is 0.313 e. The molecule has 0 bridgehead atoms. The van der Waals surface area contributed by atoms with E-state index in [1.807, 2.05) is 0 Å². The molecule has 0 aromatic rings. The molecule has 0 spiro atoms. The third-order valence-corrected chi connectivity index (χ3v) is 8.79. The van der Waals surface area contributed by atoms with E-state index in [2.05, 4.69) is 34.3 Å². The summed E-state index contributed by atoms with van der Waals surface area (Å²) in [5.41, 5.74) is 1.39. The molecule has 0 amide bonds. The van der Waals surface area contributed by atoms with Crippen LogP contribution in [0, 0.1) is 34.0 Å². The molecule has 0 saturated heterocycles. The molecule has 0 aliphatic heterocycles. The molecule has 0 radical (unpaired) electrons. The minimum Gasteiger partial charge on any atom is -0.463 e. The van der Waals surface area contributed by atoms with Crippen LogP contribution in [0.3, 0.4) is 0 Å². The lowest BCUT2D eigenvalue weighted by Gasteiger charge is -2.65. The zero-order valence-corrected chi connectivity index (χ0v) is 19.5. The molecule has 6 atom stereocenters. The van der Waals surface area contributed by atoms with Gasteiger partial charge in [-0.05, 0) is 66.6 Å².